The molecule has 1 aromatic rings. The number of rotatable bonds is 7. The van der Waals surface area contributed by atoms with Crippen LogP contribution in [0.3, 0.4) is 0 Å². The van der Waals surface area contributed by atoms with Crippen LogP contribution in [-0.4, -0.2) is 26.9 Å². The normalized spacial score (nSPS) is 12.7. The zero-order valence-electron chi connectivity index (χ0n) is 10.6. The Kier molecular flexibility index (Phi) is 6.11. The van der Waals surface area contributed by atoms with Crippen LogP contribution in [0.25, 0.3) is 0 Å². The van der Waals surface area contributed by atoms with Gasteiger partial charge in [-0.05, 0) is 31.7 Å². The first-order chi connectivity index (χ1) is 8.17. The zero-order chi connectivity index (χ0) is 12.7. The second-order valence-corrected chi connectivity index (χ2v) is 4.03. The van der Waals surface area contributed by atoms with Gasteiger partial charge in [0.25, 0.3) is 0 Å². The van der Waals surface area contributed by atoms with Gasteiger partial charge in [0.1, 0.15) is 5.82 Å². The summed E-state index contributed by atoms with van der Waals surface area (Å²) in [5.41, 5.74) is 1.63. The van der Waals surface area contributed by atoms with E-state index in [9.17, 15) is 4.39 Å². The molecule has 0 aromatic heterocycles. The van der Waals surface area contributed by atoms with Crippen molar-refractivity contribution in [1.29, 1.82) is 0 Å². The van der Waals surface area contributed by atoms with Gasteiger partial charge in [0.15, 0.2) is 0 Å². The Morgan fingerprint density at radius 1 is 1.41 bits per heavy atom. The van der Waals surface area contributed by atoms with Crippen LogP contribution < -0.4 is 5.32 Å². The number of halogens is 1. The molecule has 1 atom stereocenters. The molecule has 1 N–H and O–H groups in total. The van der Waals surface area contributed by atoms with E-state index in [0.29, 0.717) is 12.2 Å². The monoisotopic (exact) mass is 241 g/mol. The largest absolute Gasteiger partial charge is 0.382 e. The summed E-state index contributed by atoms with van der Waals surface area (Å²) in [6.07, 6.45) is -0.0349. The number of methoxy groups -OCH3 is 1. The van der Waals surface area contributed by atoms with Crippen LogP contribution >= 0.6 is 0 Å². The van der Waals surface area contributed by atoms with Gasteiger partial charge in [-0.2, -0.15) is 0 Å². The summed E-state index contributed by atoms with van der Waals surface area (Å²) in [5, 5.41) is 3.03. The van der Waals surface area contributed by atoms with E-state index in [1.807, 2.05) is 20.0 Å². The van der Waals surface area contributed by atoms with Gasteiger partial charge >= 0.3 is 0 Å². The maximum absolute atomic E-state index is 13.5. The van der Waals surface area contributed by atoms with E-state index in [1.54, 1.807) is 13.2 Å². The summed E-state index contributed by atoms with van der Waals surface area (Å²) in [7, 11) is 3.48. The van der Waals surface area contributed by atoms with E-state index < -0.39 is 0 Å². The molecular weight excluding hydrogens is 221 g/mol. The van der Waals surface area contributed by atoms with E-state index in [4.69, 9.17) is 9.47 Å². The minimum Gasteiger partial charge on any atom is -0.382 e. The molecule has 0 radical (unpaired) electrons. The van der Waals surface area contributed by atoms with Crippen molar-refractivity contribution >= 4 is 0 Å². The molecule has 0 spiro atoms. The summed E-state index contributed by atoms with van der Waals surface area (Å²) < 4.78 is 24.0. The molecule has 1 aromatic carbocycles. The standard InChI is InChI=1S/C13H20FNO2/c1-10(8-16-3)17-9-12-6-11(7-15-2)4-5-13(12)14/h4-6,10,15H,7-9H2,1-3H3. The van der Waals surface area contributed by atoms with Crippen LogP contribution in [0.2, 0.25) is 0 Å². The van der Waals surface area contributed by atoms with Crippen LogP contribution in [0.4, 0.5) is 4.39 Å². The number of ether oxygens (including phenoxy) is 2. The Labute approximate surface area is 102 Å². The highest BCUT2D eigenvalue weighted by Gasteiger charge is 2.07. The summed E-state index contributed by atoms with van der Waals surface area (Å²) in [4.78, 5) is 0. The van der Waals surface area contributed by atoms with Gasteiger partial charge in [-0.1, -0.05) is 6.07 Å². The highest BCUT2D eigenvalue weighted by Crippen LogP contribution is 2.12. The number of hydrogen-bond acceptors (Lipinski definition) is 3. The van der Waals surface area contributed by atoms with Gasteiger partial charge in [0, 0.05) is 19.2 Å². The van der Waals surface area contributed by atoms with Crippen LogP contribution in [0.15, 0.2) is 18.2 Å². The lowest BCUT2D eigenvalue weighted by atomic mass is 10.1. The number of nitrogens with one attached hydrogen (secondary N) is 1. The highest BCUT2D eigenvalue weighted by atomic mass is 19.1. The van der Waals surface area contributed by atoms with Crippen molar-refractivity contribution in [2.24, 2.45) is 0 Å². The molecule has 17 heavy (non-hydrogen) atoms. The fraction of sp³-hybridized carbons (Fsp3) is 0.538. The Hall–Kier alpha value is -0.970. The molecule has 1 unspecified atom stereocenters. The molecule has 0 bridgehead atoms. The fourth-order valence-corrected chi connectivity index (χ4v) is 1.57. The van der Waals surface area contributed by atoms with Gasteiger partial charge < -0.3 is 14.8 Å². The Morgan fingerprint density at radius 3 is 2.82 bits per heavy atom. The first-order valence-corrected chi connectivity index (χ1v) is 5.69. The molecule has 96 valence electrons. The molecule has 0 amide bonds. The van der Waals surface area contributed by atoms with Gasteiger partial charge in [0.2, 0.25) is 0 Å². The van der Waals surface area contributed by atoms with Crippen molar-refractivity contribution in [3.05, 3.63) is 35.1 Å². The molecule has 0 fully saturated rings. The Morgan fingerprint density at radius 2 is 2.18 bits per heavy atom. The minimum absolute atomic E-state index is 0.0349. The molecule has 0 saturated carbocycles. The molecule has 4 heteroatoms. The van der Waals surface area contributed by atoms with Crippen molar-refractivity contribution < 1.29 is 13.9 Å². The summed E-state index contributed by atoms with van der Waals surface area (Å²) >= 11 is 0. The third-order valence-electron chi connectivity index (χ3n) is 2.42. The van der Waals surface area contributed by atoms with Gasteiger partial charge in [-0.15, -0.1) is 0 Å². The lowest BCUT2D eigenvalue weighted by Crippen LogP contribution is -2.15. The molecule has 0 aliphatic carbocycles. The van der Waals surface area contributed by atoms with Crippen molar-refractivity contribution in [1.82, 2.24) is 5.32 Å². The molecule has 1 rings (SSSR count). The predicted octanol–water partition coefficient (Wildman–Crippen LogP) is 2.10. The van der Waals surface area contributed by atoms with Crippen molar-refractivity contribution in [2.45, 2.75) is 26.2 Å². The van der Waals surface area contributed by atoms with Crippen LogP contribution in [0.5, 0.6) is 0 Å². The molecule has 0 aliphatic rings. The quantitative estimate of drug-likeness (QED) is 0.793. The molecular formula is C13H20FNO2. The highest BCUT2D eigenvalue weighted by molar-refractivity contribution is 5.24. The van der Waals surface area contributed by atoms with Gasteiger partial charge in [0.05, 0.1) is 19.3 Å². The third kappa shape index (κ3) is 4.81. The third-order valence-corrected chi connectivity index (χ3v) is 2.42. The van der Waals surface area contributed by atoms with Crippen molar-refractivity contribution in [3.63, 3.8) is 0 Å². The lowest BCUT2D eigenvalue weighted by molar-refractivity contribution is -0.00112. The second kappa shape index (κ2) is 7.37. The maximum Gasteiger partial charge on any atom is 0.128 e. The smallest absolute Gasteiger partial charge is 0.128 e. The average Bonchev–Trinajstić information content (AvgIpc) is 2.30. The first-order valence-electron chi connectivity index (χ1n) is 5.69. The first kappa shape index (κ1) is 14.1. The van der Waals surface area contributed by atoms with E-state index >= 15 is 0 Å². The molecule has 0 saturated heterocycles. The van der Waals surface area contributed by atoms with Crippen LogP contribution in [0.1, 0.15) is 18.1 Å². The topological polar surface area (TPSA) is 30.5 Å². The molecule has 0 heterocycles. The predicted molar refractivity (Wildman–Crippen MR) is 65.3 cm³/mol. The van der Waals surface area contributed by atoms with Crippen molar-refractivity contribution in [3.8, 4) is 0 Å². The minimum atomic E-state index is -0.227. The van der Waals surface area contributed by atoms with Crippen LogP contribution in [0, 0.1) is 5.82 Å². The van der Waals surface area contributed by atoms with E-state index in [1.165, 1.54) is 6.07 Å². The Balaban J connectivity index is 2.59. The van der Waals surface area contributed by atoms with E-state index in [2.05, 4.69) is 5.32 Å². The molecule has 0 aliphatic heterocycles. The SMILES string of the molecule is CNCc1ccc(F)c(COC(C)COC)c1. The lowest BCUT2D eigenvalue weighted by Gasteiger charge is -2.13. The van der Waals surface area contributed by atoms with Gasteiger partial charge in [-0.25, -0.2) is 4.39 Å². The molecule has 3 nitrogen and oxygen atoms in total. The van der Waals surface area contributed by atoms with Crippen molar-refractivity contribution in [2.75, 3.05) is 20.8 Å². The summed E-state index contributed by atoms with van der Waals surface area (Å²) in [6, 6.07) is 5.08. The number of hydrogen-bond donors (Lipinski definition) is 1. The number of benzene rings is 1. The average molecular weight is 241 g/mol. The van der Waals surface area contributed by atoms with Crippen LogP contribution in [-0.2, 0) is 22.6 Å². The fourth-order valence-electron chi connectivity index (χ4n) is 1.57. The summed E-state index contributed by atoms with van der Waals surface area (Å²) in [6.45, 7) is 3.41. The second-order valence-electron chi connectivity index (χ2n) is 4.03. The maximum atomic E-state index is 13.5. The Bertz CT molecular complexity index is 344. The van der Waals surface area contributed by atoms with E-state index in [-0.39, 0.29) is 18.5 Å². The summed E-state index contributed by atoms with van der Waals surface area (Å²) in [5.74, 6) is -0.227. The van der Waals surface area contributed by atoms with Gasteiger partial charge in [-0.3, -0.25) is 0 Å². The zero-order valence-corrected chi connectivity index (χ0v) is 10.6. The van der Waals surface area contributed by atoms with E-state index in [0.717, 1.165) is 12.1 Å².